The molecule has 182 valence electrons. The molecule has 2 heterocycles. The van der Waals surface area contributed by atoms with Gasteiger partial charge in [-0.25, -0.2) is 9.78 Å². The van der Waals surface area contributed by atoms with Crippen LogP contribution in [0.4, 0.5) is 15.6 Å². The molecule has 1 aromatic heterocycles. The number of nitrogens with one attached hydrogen (secondary N) is 1. The van der Waals surface area contributed by atoms with Crippen molar-refractivity contribution >= 4 is 50.2 Å². The Morgan fingerprint density at radius 3 is 2.33 bits per heavy atom. The number of hydrogen-bond donors (Lipinski definition) is 1. The molecule has 0 radical (unpaired) electrons. The molecule has 1 fully saturated rings. The van der Waals surface area contributed by atoms with Gasteiger partial charge in [0, 0.05) is 0 Å². The molecule has 1 aliphatic heterocycles. The van der Waals surface area contributed by atoms with Gasteiger partial charge in [0.15, 0.2) is 5.13 Å². The Labute approximate surface area is 213 Å². The van der Waals surface area contributed by atoms with Gasteiger partial charge >= 0.3 is 6.03 Å². The quantitative estimate of drug-likeness (QED) is 0.347. The second-order valence-corrected chi connectivity index (χ2v) is 9.67. The number of urea groups is 1. The van der Waals surface area contributed by atoms with Crippen molar-refractivity contribution in [2.45, 2.75) is 32.2 Å². The minimum atomic E-state index is -1.19. The maximum atomic E-state index is 13.8. The minimum Gasteiger partial charge on any atom is -0.319 e. The summed E-state index contributed by atoms with van der Waals surface area (Å²) in [5.74, 6) is -0.845. The summed E-state index contributed by atoms with van der Waals surface area (Å²) in [6.45, 7) is 3.51. The van der Waals surface area contributed by atoms with Gasteiger partial charge in [-0.3, -0.25) is 19.4 Å². The third-order valence-corrected chi connectivity index (χ3v) is 7.61. The maximum absolute atomic E-state index is 13.8. The molecule has 4 amide bonds. The molecule has 0 bridgehead atoms. The summed E-state index contributed by atoms with van der Waals surface area (Å²) in [6, 6.07) is 23.9. The first-order chi connectivity index (χ1) is 17.5. The van der Waals surface area contributed by atoms with Gasteiger partial charge in [0.05, 0.1) is 15.9 Å². The lowest BCUT2D eigenvalue weighted by molar-refractivity contribution is -0.134. The van der Waals surface area contributed by atoms with Crippen LogP contribution < -0.4 is 10.2 Å². The standard InChI is InChI=1S/C28H26N4O3S/c1-3-19-14-16-21(17-15-19)32(27-29-22-12-8-9-13-23(22)36-27)24(33)18-31-25(34)28(4-2,30-26(31)35)20-10-6-5-7-11-20/h5-17H,3-4,18H2,1-2H3,(H,30,35). The highest BCUT2D eigenvalue weighted by molar-refractivity contribution is 7.22. The molecule has 36 heavy (non-hydrogen) atoms. The van der Waals surface area contributed by atoms with E-state index >= 15 is 0 Å². The SMILES string of the molecule is CCc1ccc(N(C(=O)CN2C(=O)NC(CC)(c3ccccc3)C2=O)c2nc3ccccc3s2)cc1. The van der Waals surface area contributed by atoms with Crippen LogP contribution >= 0.6 is 11.3 Å². The van der Waals surface area contributed by atoms with Crippen molar-refractivity contribution in [3.63, 3.8) is 0 Å². The third-order valence-electron chi connectivity index (χ3n) is 6.59. The Hall–Kier alpha value is -4.04. The number of carbonyl (C=O) groups is 3. The summed E-state index contributed by atoms with van der Waals surface area (Å²) in [4.78, 5) is 47.5. The number of thiazole rings is 1. The van der Waals surface area contributed by atoms with E-state index < -0.39 is 29.9 Å². The van der Waals surface area contributed by atoms with Crippen LogP contribution in [-0.2, 0) is 21.5 Å². The van der Waals surface area contributed by atoms with E-state index in [0.717, 1.165) is 27.1 Å². The van der Waals surface area contributed by atoms with Gasteiger partial charge in [0.2, 0.25) is 0 Å². The molecular formula is C28H26N4O3S. The van der Waals surface area contributed by atoms with Crippen LogP contribution in [0.15, 0.2) is 78.9 Å². The van der Waals surface area contributed by atoms with E-state index in [9.17, 15) is 14.4 Å². The molecule has 4 aromatic rings. The highest BCUT2D eigenvalue weighted by Crippen LogP contribution is 2.35. The highest BCUT2D eigenvalue weighted by atomic mass is 32.1. The Bertz CT molecular complexity index is 1400. The smallest absolute Gasteiger partial charge is 0.319 e. The largest absolute Gasteiger partial charge is 0.325 e. The van der Waals surface area contributed by atoms with Gasteiger partial charge in [0.25, 0.3) is 11.8 Å². The molecule has 0 aliphatic carbocycles. The van der Waals surface area contributed by atoms with Crippen LogP contribution in [0.2, 0.25) is 0 Å². The first-order valence-electron chi connectivity index (χ1n) is 11.9. The van der Waals surface area contributed by atoms with E-state index in [1.807, 2.05) is 85.8 Å². The highest BCUT2D eigenvalue weighted by Gasteiger charge is 2.52. The fraction of sp³-hybridized carbons (Fsp3) is 0.214. The van der Waals surface area contributed by atoms with Gasteiger partial charge in [-0.2, -0.15) is 0 Å². The van der Waals surface area contributed by atoms with Crippen LogP contribution in [-0.4, -0.2) is 34.3 Å². The van der Waals surface area contributed by atoms with Crippen LogP contribution in [0.25, 0.3) is 10.2 Å². The first-order valence-corrected chi connectivity index (χ1v) is 12.8. The molecule has 8 heteroatoms. The number of anilines is 2. The van der Waals surface area contributed by atoms with Crippen LogP contribution in [0, 0.1) is 0 Å². The average Bonchev–Trinajstić information content (AvgIpc) is 3.44. The molecule has 7 nitrogen and oxygen atoms in total. The molecule has 1 saturated heterocycles. The van der Waals surface area contributed by atoms with Crippen molar-refractivity contribution in [3.8, 4) is 0 Å². The normalized spacial score (nSPS) is 17.4. The number of hydrogen-bond acceptors (Lipinski definition) is 5. The van der Waals surface area contributed by atoms with E-state index in [-0.39, 0.29) is 0 Å². The monoisotopic (exact) mass is 498 g/mol. The summed E-state index contributed by atoms with van der Waals surface area (Å²) in [7, 11) is 0. The molecule has 1 unspecified atom stereocenters. The van der Waals surface area contributed by atoms with E-state index in [1.165, 1.54) is 16.2 Å². The zero-order valence-electron chi connectivity index (χ0n) is 20.1. The number of benzene rings is 3. The summed E-state index contributed by atoms with van der Waals surface area (Å²) >= 11 is 1.39. The second kappa shape index (κ2) is 9.54. The Kier molecular flexibility index (Phi) is 6.28. The van der Waals surface area contributed by atoms with E-state index in [0.29, 0.717) is 22.8 Å². The molecule has 0 spiro atoms. The van der Waals surface area contributed by atoms with Gasteiger partial charge in [-0.05, 0) is 48.2 Å². The van der Waals surface area contributed by atoms with E-state index in [1.54, 1.807) is 0 Å². The number of nitrogens with zero attached hydrogens (tertiary/aromatic N) is 3. The van der Waals surface area contributed by atoms with Crippen molar-refractivity contribution in [3.05, 3.63) is 90.0 Å². The fourth-order valence-electron chi connectivity index (χ4n) is 4.54. The average molecular weight is 499 g/mol. The summed E-state index contributed by atoms with van der Waals surface area (Å²) in [5.41, 5.74) is 2.05. The fourth-order valence-corrected chi connectivity index (χ4v) is 5.54. The maximum Gasteiger partial charge on any atom is 0.325 e. The van der Waals surface area contributed by atoms with Crippen molar-refractivity contribution in [2.24, 2.45) is 0 Å². The number of rotatable bonds is 7. The summed E-state index contributed by atoms with van der Waals surface area (Å²) in [5, 5.41) is 3.34. The van der Waals surface area contributed by atoms with Gasteiger partial charge < -0.3 is 5.32 Å². The molecular weight excluding hydrogens is 472 g/mol. The van der Waals surface area contributed by atoms with Gasteiger partial charge in [0.1, 0.15) is 12.1 Å². The molecule has 1 N–H and O–H groups in total. The minimum absolute atomic E-state index is 0.367. The molecule has 1 atom stereocenters. The number of aryl methyl sites for hydroxylation is 1. The lowest BCUT2D eigenvalue weighted by Gasteiger charge is -2.26. The zero-order chi connectivity index (χ0) is 25.3. The van der Waals surface area contributed by atoms with E-state index in [4.69, 9.17) is 0 Å². The van der Waals surface area contributed by atoms with Crippen molar-refractivity contribution in [2.75, 3.05) is 11.4 Å². The number of para-hydroxylation sites is 1. The van der Waals surface area contributed by atoms with Crippen molar-refractivity contribution in [1.29, 1.82) is 0 Å². The second-order valence-electron chi connectivity index (χ2n) is 8.66. The number of aromatic nitrogens is 1. The Morgan fingerprint density at radius 1 is 0.972 bits per heavy atom. The van der Waals surface area contributed by atoms with E-state index in [2.05, 4.69) is 17.2 Å². The molecule has 5 rings (SSSR count). The van der Waals surface area contributed by atoms with Crippen LogP contribution in [0.3, 0.4) is 0 Å². The number of fused-ring (bicyclic) bond motifs is 1. The predicted molar refractivity (Wildman–Crippen MR) is 141 cm³/mol. The lowest BCUT2D eigenvalue weighted by Crippen LogP contribution is -2.45. The summed E-state index contributed by atoms with van der Waals surface area (Å²) < 4.78 is 0.944. The molecule has 3 aromatic carbocycles. The summed E-state index contributed by atoms with van der Waals surface area (Å²) in [6.07, 6.45) is 1.24. The lowest BCUT2D eigenvalue weighted by atomic mass is 9.87. The first kappa shape index (κ1) is 23.7. The number of imide groups is 1. The number of amides is 4. The predicted octanol–water partition coefficient (Wildman–Crippen LogP) is 5.38. The van der Waals surface area contributed by atoms with Gasteiger partial charge in [-0.1, -0.05) is 79.8 Å². The van der Waals surface area contributed by atoms with Crippen molar-refractivity contribution in [1.82, 2.24) is 15.2 Å². The Morgan fingerprint density at radius 2 is 1.67 bits per heavy atom. The van der Waals surface area contributed by atoms with Crippen molar-refractivity contribution < 1.29 is 14.4 Å². The topological polar surface area (TPSA) is 82.6 Å². The van der Waals surface area contributed by atoms with Crippen LogP contribution in [0.1, 0.15) is 31.4 Å². The van der Waals surface area contributed by atoms with Gasteiger partial charge in [-0.15, -0.1) is 0 Å². The third kappa shape index (κ3) is 4.03. The number of carbonyl (C=O) groups excluding carboxylic acids is 3. The molecule has 1 aliphatic rings. The Balaban J connectivity index is 1.50. The zero-order valence-corrected chi connectivity index (χ0v) is 20.9. The van der Waals surface area contributed by atoms with Crippen LogP contribution in [0.5, 0.6) is 0 Å². The molecule has 0 saturated carbocycles.